The molecule has 0 radical (unpaired) electrons. The van der Waals surface area contributed by atoms with Crippen LogP contribution in [0.1, 0.15) is 118 Å². The van der Waals surface area contributed by atoms with Crippen molar-refractivity contribution in [3.05, 3.63) is 71.7 Å². The molecule has 0 spiro atoms. The Bertz CT molecular complexity index is 1250. The minimum atomic E-state index is -1.60. The molecule has 1 N–H and O–H groups in total. The molecular weight excluding hydrogens is 580 g/mol. The molecule has 0 aromatic carbocycles. The SMILES string of the molecule is CCCCCCCCCCCCCCCC(=O)OC[C@@H](O)[C@H]1OC(=O)C(OC(=O)c2cccnc2)=C1OC(=O)c1cccnc1. The van der Waals surface area contributed by atoms with Gasteiger partial charge in [-0.25, -0.2) is 14.4 Å². The third-order valence-corrected chi connectivity index (χ3v) is 7.34. The highest BCUT2D eigenvalue weighted by Gasteiger charge is 2.44. The van der Waals surface area contributed by atoms with Gasteiger partial charge in [0.1, 0.15) is 12.7 Å². The van der Waals surface area contributed by atoms with Crippen LogP contribution in [0.3, 0.4) is 0 Å². The van der Waals surface area contributed by atoms with Gasteiger partial charge in [0.05, 0.1) is 11.1 Å². The number of aliphatic hydroxyl groups is 1. The topological polar surface area (TPSA) is 151 Å². The smallest absolute Gasteiger partial charge is 0.379 e. The van der Waals surface area contributed by atoms with E-state index in [0.29, 0.717) is 6.42 Å². The number of unbranched alkanes of at least 4 members (excludes halogenated alkanes) is 12. The van der Waals surface area contributed by atoms with Crippen LogP contribution in [0.15, 0.2) is 60.6 Å². The lowest BCUT2D eigenvalue weighted by atomic mass is 10.0. The van der Waals surface area contributed by atoms with Crippen molar-refractivity contribution in [2.24, 2.45) is 0 Å². The van der Waals surface area contributed by atoms with Crippen LogP contribution < -0.4 is 0 Å². The lowest BCUT2D eigenvalue weighted by molar-refractivity contribution is -0.154. The molecule has 0 saturated heterocycles. The van der Waals surface area contributed by atoms with Crippen LogP contribution in [0.2, 0.25) is 0 Å². The van der Waals surface area contributed by atoms with Gasteiger partial charge in [-0.2, -0.15) is 0 Å². The molecule has 11 nitrogen and oxygen atoms in total. The highest BCUT2D eigenvalue weighted by Crippen LogP contribution is 2.29. The van der Waals surface area contributed by atoms with Crippen LogP contribution >= 0.6 is 0 Å². The number of cyclic esters (lactones) is 1. The second-order valence-corrected chi connectivity index (χ2v) is 11.0. The predicted molar refractivity (Wildman–Crippen MR) is 163 cm³/mol. The molecule has 0 aliphatic carbocycles. The largest absolute Gasteiger partial charge is 0.463 e. The van der Waals surface area contributed by atoms with Gasteiger partial charge in [0.25, 0.3) is 5.76 Å². The number of aromatic nitrogens is 2. The van der Waals surface area contributed by atoms with Crippen molar-refractivity contribution < 1.29 is 43.2 Å². The molecule has 2 atom stereocenters. The van der Waals surface area contributed by atoms with Gasteiger partial charge < -0.3 is 24.1 Å². The monoisotopic (exact) mass is 624 g/mol. The molecule has 2 aromatic heterocycles. The zero-order valence-corrected chi connectivity index (χ0v) is 26.0. The molecule has 0 saturated carbocycles. The van der Waals surface area contributed by atoms with E-state index in [1.807, 2.05) is 0 Å². The van der Waals surface area contributed by atoms with Gasteiger partial charge in [-0.1, -0.05) is 84.0 Å². The Morgan fingerprint density at radius 1 is 0.800 bits per heavy atom. The van der Waals surface area contributed by atoms with E-state index in [2.05, 4.69) is 16.9 Å². The van der Waals surface area contributed by atoms with Crippen LogP contribution in [-0.4, -0.2) is 57.8 Å². The van der Waals surface area contributed by atoms with Crippen molar-refractivity contribution in [2.75, 3.05) is 6.61 Å². The first kappa shape index (κ1) is 35.4. The maximum absolute atomic E-state index is 12.8. The van der Waals surface area contributed by atoms with Gasteiger partial charge in [0, 0.05) is 31.2 Å². The molecule has 2 aromatic rings. The second kappa shape index (κ2) is 20.0. The minimum absolute atomic E-state index is 0.0295. The number of carbonyl (C=O) groups excluding carboxylic acids is 4. The number of carbonyl (C=O) groups is 4. The highest BCUT2D eigenvalue weighted by atomic mass is 16.6. The standard InChI is InChI=1S/C34H44N2O9/c1-2-3-4-5-6-7-8-9-10-11-12-13-14-19-28(38)42-24-27(37)29-30(44-32(39)25-17-15-20-35-22-25)31(34(41)43-29)45-33(40)26-18-16-21-36-23-26/h15-18,20-23,27,29,37H,2-14,19,24H2,1H3/t27-,29-/m1/s1. The lowest BCUT2D eigenvalue weighted by Gasteiger charge is -2.19. The fourth-order valence-electron chi connectivity index (χ4n) is 4.80. The second-order valence-electron chi connectivity index (χ2n) is 11.0. The summed E-state index contributed by atoms with van der Waals surface area (Å²) in [5.74, 6) is -4.76. The number of esters is 4. The number of pyridine rings is 2. The zero-order chi connectivity index (χ0) is 32.3. The summed E-state index contributed by atoms with van der Waals surface area (Å²) >= 11 is 0. The van der Waals surface area contributed by atoms with Crippen molar-refractivity contribution in [3.63, 3.8) is 0 Å². The first-order valence-electron chi connectivity index (χ1n) is 15.9. The molecule has 0 unspecified atom stereocenters. The summed E-state index contributed by atoms with van der Waals surface area (Å²) in [5.41, 5.74) is 0.0709. The molecule has 0 fully saturated rings. The van der Waals surface area contributed by atoms with Crippen molar-refractivity contribution in [3.8, 4) is 0 Å². The van der Waals surface area contributed by atoms with E-state index in [0.717, 1.165) is 19.3 Å². The quantitative estimate of drug-likeness (QED) is 0.0987. The summed E-state index contributed by atoms with van der Waals surface area (Å²) in [5, 5.41) is 10.8. The van der Waals surface area contributed by atoms with E-state index in [1.165, 1.54) is 107 Å². The fraction of sp³-hybridized carbons (Fsp3) is 0.529. The molecule has 3 heterocycles. The zero-order valence-electron chi connectivity index (χ0n) is 26.0. The summed E-state index contributed by atoms with van der Waals surface area (Å²) < 4.78 is 21.0. The van der Waals surface area contributed by atoms with Crippen LogP contribution in [0.4, 0.5) is 0 Å². The van der Waals surface area contributed by atoms with Gasteiger partial charge in [0.2, 0.25) is 5.76 Å². The van der Waals surface area contributed by atoms with E-state index in [9.17, 15) is 24.3 Å². The molecular formula is C34H44N2O9. The Labute approximate surface area is 264 Å². The molecule has 11 heteroatoms. The van der Waals surface area contributed by atoms with Crippen LogP contribution in [-0.2, 0) is 28.5 Å². The van der Waals surface area contributed by atoms with E-state index >= 15 is 0 Å². The number of hydrogen-bond donors (Lipinski definition) is 1. The maximum atomic E-state index is 12.8. The van der Waals surface area contributed by atoms with Crippen molar-refractivity contribution in [1.82, 2.24) is 9.97 Å². The minimum Gasteiger partial charge on any atom is -0.463 e. The molecule has 244 valence electrons. The first-order valence-corrected chi connectivity index (χ1v) is 15.9. The Morgan fingerprint density at radius 3 is 1.82 bits per heavy atom. The van der Waals surface area contributed by atoms with E-state index in [-0.39, 0.29) is 17.5 Å². The Kier molecular flexibility index (Phi) is 15.7. The molecule has 45 heavy (non-hydrogen) atoms. The van der Waals surface area contributed by atoms with Crippen molar-refractivity contribution in [2.45, 2.75) is 109 Å². The highest BCUT2D eigenvalue weighted by molar-refractivity contribution is 5.98. The normalized spacial score (nSPS) is 15.0. The van der Waals surface area contributed by atoms with Crippen molar-refractivity contribution >= 4 is 23.9 Å². The fourth-order valence-corrected chi connectivity index (χ4v) is 4.80. The van der Waals surface area contributed by atoms with E-state index in [1.54, 1.807) is 0 Å². The van der Waals surface area contributed by atoms with Crippen LogP contribution in [0, 0.1) is 0 Å². The molecule has 1 aliphatic heterocycles. The maximum Gasteiger partial charge on any atom is 0.379 e. The summed E-state index contributed by atoms with van der Waals surface area (Å²) in [6, 6.07) is 5.85. The average Bonchev–Trinajstić information content (AvgIpc) is 3.36. The van der Waals surface area contributed by atoms with Gasteiger partial charge in [-0.05, 0) is 30.7 Å². The lowest BCUT2D eigenvalue weighted by Crippen LogP contribution is -2.35. The van der Waals surface area contributed by atoms with E-state index in [4.69, 9.17) is 18.9 Å². The van der Waals surface area contributed by atoms with Gasteiger partial charge in [0.15, 0.2) is 6.10 Å². The van der Waals surface area contributed by atoms with Gasteiger partial charge >= 0.3 is 23.9 Å². The molecule has 1 aliphatic rings. The first-order chi connectivity index (χ1) is 21.9. The van der Waals surface area contributed by atoms with Crippen LogP contribution in [0.25, 0.3) is 0 Å². The average molecular weight is 625 g/mol. The predicted octanol–water partition coefficient (Wildman–Crippen LogP) is 6.01. The Balaban J connectivity index is 1.45. The van der Waals surface area contributed by atoms with Gasteiger partial charge in [-0.15, -0.1) is 0 Å². The third-order valence-electron chi connectivity index (χ3n) is 7.34. The Morgan fingerprint density at radius 2 is 1.31 bits per heavy atom. The number of hydrogen-bond acceptors (Lipinski definition) is 11. The summed E-state index contributed by atoms with van der Waals surface area (Å²) in [6.07, 6.45) is 17.8. The summed E-state index contributed by atoms with van der Waals surface area (Å²) in [7, 11) is 0. The number of rotatable bonds is 21. The summed E-state index contributed by atoms with van der Waals surface area (Å²) in [4.78, 5) is 58.1. The third kappa shape index (κ3) is 12.4. The summed E-state index contributed by atoms with van der Waals surface area (Å²) in [6.45, 7) is 1.70. The number of ether oxygens (including phenoxy) is 4. The van der Waals surface area contributed by atoms with Crippen molar-refractivity contribution in [1.29, 1.82) is 0 Å². The molecule has 3 rings (SSSR count). The van der Waals surface area contributed by atoms with E-state index < -0.39 is 54.2 Å². The number of aliphatic hydroxyl groups excluding tert-OH is 1. The van der Waals surface area contributed by atoms with Crippen LogP contribution in [0.5, 0.6) is 0 Å². The molecule has 0 bridgehead atoms. The number of nitrogens with zero attached hydrogens (tertiary/aromatic N) is 2. The van der Waals surface area contributed by atoms with Gasteiger partial charge in [-0.3, -0.25) is 14.8 Å². The molecule has 0 amide bonds. The Hall–Kier alpha value is -4.12.